The van der Waals surface area contributed by atoms with Crippen LogP contribution in [0.2, 0.25) is 0 Å². The maximum atomic E-state index is 10.1. The third-order valence-electron chi connectivity index (χ3n) is 5.87. The Balaban J connectivity index is 0.00000103. The van der Waals surface area contributed by atoms with Crippen LogP contribution in [-0.4, -0.2) is 54.9 Å². The number of rotatable bonds is 7. The molecule has 1 saturated heterocycles. The third kappa shape index (κ3) is 6.27. The molecule has 1 aromatic heterocycles. The van der Waals surface area contributed by atoms with E-state index < -0.39 is 0 Å². The molecule has 5 N–H and O–H groups in total. The number of phenolic OH excluding ortho intramolecular Hbond substituents is 1. The molecular weight excluding hydrogens is 428 g/mol. The fraction of sp³-hybridized carbons (Fsp3) is 0.462. The van der Waals surface area contributed by atoms with E-state index in [-0.39, 0.29) is 5.75 Å². The van der Waals surface area contributed by atoms with Crippen LogP contribution in [0.25, 0.3) is 11.0 Å². The molecule has 8 heteroatoms. The first-order valence-corrected chi connectivity index (χ1v) is 12.1. The van der Waals surface area contributed by atoms with E-state index in [1.165, 1.54) is 6.42 Å². The Kier molecular flexibility index (Phi) is 9.30. The molecular formula is C26H38N6O2. The standard InChI is InChI=1S/C23H30N6O2.C3H8/c1-31-20-11-18(10-19(30)13-20)29(9-6-24)17-2-3-21-22(12-17)27-23(15-26-21)28-7-4-16(14-25)5-8-28;1-3-2/h2-3,10-13,15-16,30H,4-9,14,24-25H2,1H3;3H2,1-2H3. The second-order valence-corrected chi connectivity index (χ2v) is 8.60. The summed E-state index contributed by atoms with van der Waals surface area (Å²) in [7, 11) is 1.58. The fourth-order valence-corrected chi connectivity index (χ4v) is 4.09. The summed E-state index contributed by atoms with van der Waals surface area (Å²) < 4.78 is 5.31. The lowest BCUT2D eigenvalue weighted by Gasteiger charge is -2.32. The third-order valence-corrected chi connectivity index (χ3v) is 5.87. The number of methoxy groups -OCH3 is 1. The first kappa shape index (κ1) is 25.5. The molecule has 8 nitrogen and oxygen atoms in total. The van der Waals surface area contributed by atoms with Crippen molar-refractivity contribution in [3.05, 3.63) is 42.6 Å². The van der Waals surface area contributed by atoms with Crippen molar-refractivity contribution < 1.29 is 9.84 Å². The number of fused-ring (bicyclic) bond motifs is 1. The Morgan fingerprint density at radius 2 is 1.79 bits per heavy atom. The second kappa shape index (κ2) is 12.4. The van der Waals surface area contributed by atoms with Crippen LogP contribution in [0.15, 0.2) is 42.6 Å². The van der Waals surface area contributed by atoms with Crippen molar-refractivity contribution in [3.63, 3.8) is 0 Å². The van der Waals surface area contributed by atoms with Gasteiger partial charge in [0.1, 0.15) is 17.3 Å². The van der Waals surface area contributed by atoms with Crippen LogP contribution in [0.5, 0.6) is 11.5 Å². The van der Waals surface area contributed by atoms with Gasteiger partial charge in [0.15, 0.2) is 0 Å². The maximum absolute atomic E-state index is 10.1. The van der Waals surface area contributed by atoms with Gasteiger partial charge in [0.25, 0.3) is 0 Å². The van der Waals surface area contributed by atoms with Gasteiger partial charge in [-0.05, 0) is 43.5 Å². The number of nitrogens with zero attached hydrogens (tertiary/aromatic N) is 4. The van der Waals surface area contributed by atoms with Crippen molar-refractivity contribution in [1.82, 2.24) is 9.97 Å². The van der Waals surface area contributed by atoms with E-state index in [0.717, 1.165) is 60.7 Å². The average molecular weight is 467 g/mol. The molecule has 2 aromatic carbocycles. The topological polar surface area (TPSA) is 114 Å². The maximum Gasteiger partial charge on any atom is 0.147 e. The molecule has 1 aliphatic rings. The molecule has 0 spiro atoms. The van der Waals surface area contributed by atoms with E-state index in [1.807, 2.05) is 35.4 Å². The zero-order chi connectivity index (χ0) is 24.5. The SMILES string of the molecule is CCC.COc1cc(O)cc(N(CCN)c2ccc3ncc(N4CCC(CN)CC4)nc3c2)c1. The summed E-state index contributed by atoms with van der Waals surface area (Å²) >= 11 is 0. The van der Waals surface area contributed by atoms with Crippen LogP contribution < -0.4 is 26.0 Å². The van der Waals surface area contributed by atoms with Gasteiger partial charge in [0.05, 0.1) is 24.3 Å². The predicted octanol–water partition coefficient (Wildman–Crippen LogP) is 4.03. The lowest BCUT2D eigenvalue weighted by Crippen LogP contribution is -2.36. The Bertz CT molecular complexity index is 1050. The number of ether oxygens (including phenoxy) is 1. The Hall–Kier alpha value is -3.10. The fourth-order valence-electron chi connectivity index (χ4n) is 4.09. The molecule has 0 unspecified atom stereocenters. The van der Waals surface area contributed by atoms with Gasteiger partial charge in [-0.3, -0.25) is 4.98 Å². The van der Waals surface area contributed by atoms with Gasteiger partial charge >= 0.3 is 0 Å². The number of anilines is 3. The summed E-state index contributed by atoms with van der Waals surface area (Å²) in [6, 6.07) is 11.1. The van der Waals surface area contributed by atoms with Gasteiger partial charge in [-0.1, -0.05) is 20.3 Å². The first-order chi connectivity index (χ1) is 16.5. The smallest absolute Gasteiger partial charge is 0.147 e. The summed E-state index contributed by atoms with van der Waals surface area (Å²) in [5.74, 6) is 2.21. The molecule has 0 atom stereocenters. The monoisotopic (exact) mass is 466 g/mol. The lowest BCUT2D eigenvalue weighted by atomic mass is 9.97. The van der Waals surface area contributed by atoms with E-state index in [2.05, 4.69) is 23.7 Å². The minimum absolute atomic E-state index is 0.139. The van der Waals surface area contributed by atoms with E-state index in [1.54, 1.807) is 19.2 Å². The Morgan fingerprint density at radius 1 is 1.06 bits per heavy atom. The van der Waals surface area contributed by atoms with E-state index >= 15 is 0 Å². The number of nitrogens with two attached hydrogens (primary N) is 2. The predicted molar refractivity (Wildman–Crippen MR) is 140 cm³/mol. The minimum Gasteiger partial charge on any atom is -0.508 e. The zero-order valence-electron chi connectivity index (χ0n) is 20.6. The van der Waals surface area contributed by atoms with Crippen LogP contribution in [0.1, 0.15) is 33.1 Å². The highest BCUT2D eigenvalue weighted by atomic mass is 16.5. The molecule has 0 bridgehead atoms. The summed E-state index contributed by atoms with van der Waals surface area (Å²) in [6.45, 7) is 7.93. The summed E-state index contributed by atoms with van der Waals surface area (Å²) in [5, 5.41) is 10.1. The highest BCUT2D eigenvalue weighted by Crippen LogP contribution is 2.33. The largest absolute Gasteiger partial charge is 0.508 e. The Morgan fingerprint density at radius 3 is 2.44 bits per heavy atom. The van der Waals surface area contributed by atoms with Crippen molar-refractivity contribution in [2.45, 2.75) is 33.1 Å². The number of aromatic nitrogens is 2. The second-order valence-electron chi connectivity index (χ2n) is 8.60. The first-order valence-electron chi connectivity index (χ1n) is 12.1. The highest BCUT2D eigenvalue weighted by molar-refractivity contribution is 5.82. The molecule has 0 radical (unpaired) electrons. The van der Waals surface area contributed by atoms with Gasteiger partial charge in [0.2, 0.25) is 0 Å². The summed E-state index contributed by atoms with van der Waals surface area (Å²) in [4.78, 5) is 13.8. The van der Waals surface area contributed by atoms with Crippen molar-refractivity contribution in [2.75, 3.05) is 49.6 Å². The van der Waals surface area contributed by atoms with Gasteiger partial charge in [-0.2, -0.15) is 0 Å². The van der Waals surface area contributed by atoms with Crippen molar-refractivity contribution >= 4 is 28.2 Å². The number of phenols is 1. The quantitative estimate of drug-likeness (QED) is 0.478. The zero-order valence-corrected chi connectivity index (χ0v) is 20.6. The van der Waals surface area contributed by atoms with Crippen molar-refractivity contribution in [3.8, 4) is 11.5 Å². The molecule has 0 saturated carbocycles. The molecule has 34 heavy (non-hydrogen) atoms. The Labute approximate surface area is 202 Å². The lowest BCUT2D eigenvalue weighted by molar-refractivity contribution is 0.408. The molecule has 3 aromatic rings. The summed E-state index contributed by atoms with van der Waals surface area (Å²) in [5.41, 5.74) is 15.1. The van der Waals surface area contributed by atoms with Crippen molar-refractivity contribution in [2.24, 2.45) is 17.4 Å². The number of aromatic hydroxyl groups is 1. The average Bonchev–Trinajstić information content (AvgIpc) is 2.86. The molecule has 0 amide bonds. The highest BCUT2D eigenvalue weighted by Gasteiger charge is 2.20. The van der Waals surface area contributed by atoms with Gasteiger partial charge in [-0.25, -0.2) is 4.98 Å². The molecule has 1 aliphatic heterocycles. The molecule has 1 fully saturated rings. The number of hydrogen-bond acceptors (Lipinski definition) is 8. The van der Waals surface area contributed by atoms with Crippen LogP contribution in [0, 0.1) is 5.92 Å². The summed E-state index contributed by atoms with van der Waals surface area (Å²) in [6.07, 6.45) is 5.27. The molecule has 0 aliphatic carbocycles. The number of hydrogen-bond donors (Lipinski definition) is 3. The minimum atomic E-state index is 0.139. The van der Waals surface area contributed by atoms with Crippen molar-refractivity contribution in [1.29, 1.82) is 0 Å². The van der Waals surface area contributed by atoms with E-state index in [0.29, 0.717) is 24.8 Å². The van der Waals surface area contributed by atoms with Crippen LogP contribution in [-0.2, 0) is 0 Å². The van der Waals surface area contributed by atoms with Gasteiger partial charge in [0, 0.05) is 55.8 Å². The number of piperidine rings is 1. The van der Waals surface area contributed by atoms with Gasteiger partial charge in [-0.15, -0.1) is 0 Å². The van der Waals surface area contributed by atoms with Crippen LogP contribution >= 0.6 is 0 Å². The molecule has 4 rings (SSSR count). The van der Waals surface area contributed by atoms with E-state index in [4.69, 9.17) is 21.2 Å². The van der Waals surface area contributed by atoms with Gasteiger partial charge < -0.3 is 31.1 Å². The molecule has 184 valence electrons. The van der Waals surface area contributed by atoms with Crippen LogP contribution in [0.4, 0.5) is 17.2 Å². The molecule has 2 heterocycles. The normalized spacial score (nSPS) is 14.0. The van der Waals surface area contributed by atoms with E-state index in [9.17, 15) is 5.11 Å². The van der Waals surface area contributed by atoms with Crippen LogP contribution in [0.3, 0.4) is 0 Å². The number of benzene rings is 2.